The average Bonchev–Trinajstić information content (AvgIpc) is 2.85. The van der Waals surface area contributed by atoms with E-state index in [-0.39, 0.29) is 12.1 Å². The van der Waals surface area contributed by atoms with Gasteiger partial charge < -0.3 is 10.1 Å². The van der Waals surface area contributed by atoms with Crippen LogP contribution in [-0.2, 0) is 0 Å². The third-order valence-electron chi connectivity index (χ3n) is 3.26. The zero-order valence-electron chi connectivity index (χ0n) is 12.1. The number of rotatable bonds is 5. The van der Waals surface area contributed by atoms with E-state index in [1.54, 1.807) is 18.4 Å². The van der Waals surface area contributed by atoms with Gasteiger partial charge in [-0.2, -0.15) is 0 Å². The van der Waals surface area contributed by atoms with E-state index in [1.165, 1.54) is 5.56 Å². The molecule has 0 aliphatic heterocycles. The Bertz CT molecular complexity index is 585. The molecule has 0 saturated carbocycles. The van der Waals surface area contributed by atoms with Gasteiger partial charge >= 0.3 is 0 Å². The second kappa shape index (κ2) is 6.70. The summed E-state index contributed by atoms with van der Waals surface area (Å²) >= 11 is 5.21. The normalized spacial score (nSPS) is 14.1. The van der Waals surface area contributed by atoms with Crippen molar-refractivity contribution in [3.05, 3.63) is 44.3 Å². The van der Waals surface area contributed by atoms with Crippen molar-refractivity contribution < 1.29 is 4.74 Å². The van der Waals surface area contributed by atoms with Crippen LogP contribution >= 0.6 is 27.3 Å². The molecule has 0 fully saturated rings. The Morgan fingerprint density at radius 2 is 2.05 bits per heavy atom. The van der Waals surface area contributed by atoms with Crippen LogP contribution in [0.4, 0.5) is 0 Å². The molecule has 0 radical (unpaired) electrons. The molecule has 2 aromatic rings. The molecule has 5 heteroatoms. The lowest BCUT2D eigenvalue weighted by molar-refractivity contribution is 0.411. The van der Waals surface area contributed by atoms with E-state index in [1.807, 2.05) is 13.0 Å². The third kappa shape index (κ3) is 3.59. The zero-order valence-corrected chi connectivity index (χ0v) is 14.5. The molecular weight excluding hydrogens is 336 g/mol. The number of halogens is 1. The summed E-state index contributed by atoms with van der Waals surface area (Å²) in [6.45, 7) is 6.33. The monoisotopic (exact) mass is 354 g/mol. The maximum Gasteiger partial charge on any atom is 0.133 e. The van der Waals surface area contributed by atoms with Gasteiger partial charge in [0.2, 0.25) is 0 Å². The molecule has 1 aromatic carbocycles. The van der Waals surface area contributed by atoms with Crippen LogP contribution in [0.1, 0.15) is 42.2 Å². The van der Waals surface area contributed by atoms with Crippen molar-refractivity contribution in [1.82, 2.24) is 10.3 Å². The summed E-state index contributed by atoms with van der Waals surface area (Å²) in [4.78, 5) is 4.53. The Morgan fingerprint density at radius 1 is 1.30 bits per heavy atom. The molecule has 2 rings (SSSR count). The van der Waals surface area contributed by atoms with Crippen LogP contribution < -0.4 is 10.1 Å². The van der Waals surface area contributed by atoms with Gasteiger partial charge in [-0.3, -0.25) is 0 Å². The first kappa shape index (κ1) is 15.5. The van der Waals surface area contributed by atoms with Crippen LogP contribution in [0.2, 0.25) is 0 Å². The van der Waals surface area contributed by atoms with Crippen molar-refractivity contribution in [2.75, 3.05) is 7.11 Å². The summed E-state index contributed by atoms with van der Waals surface area (Å²) in [6, 6.07) is 6.63. The molecule has 0 spiro atoms. The van der Waals surface area contributed by atoms with E-state index in [4.69, 9.17) is 4.74 Å². The topological polar surface area (TPSA) is 34.1 Å². The highest BCUT2D eigenvalue weighted by molar-refractivity contribution is 9.10. The second-order valence-corrected chi connectivity index (χ2v) is 6.71. The van der Waals surface area contributed by atoms with E-state index < -0.39 is 0 Å². The molecule has 20 heavy (non-hydrogen) atoms. The van der Waals surface area contributed by atoms with E-state index in [0.717, 1.165) is 20.9 Å². The number of aromatic nitrogens is 1. The molecule has 2 unspecified atom stereocenters. The number of methoxy groups -OCH3 is 1. The van der Waals surface area contributed by atoms with Crippen molar-refractivity contribution in [3.8, 4) is 5.75 Å². The number of hydrogen-bond acceptors (Lipinski definition) is 4. The Hall–Kier alpha value is -0.910. The minimum Gasteiger partial charge on any atom is -0.496 e. The molecule has 1 aromatic heterocycles. The number of nitrogens with one attached hydrogen (secondary N) is 1. The predicted octanol–water partition coefficient (Wildman–Crippen LogP) is 4.63. The van der Waals surface area contributed by atoms with Crippen LogP contribution in [0.3, 0.4) is 0 Å². The van der Waals surface area contributed by atoms with E-state index in [9.17, 15) is 0 Å². The molecule has 1 N–H and O–H groups in total. The van der Waals surface area contributed by atoms with Crippen molar-refractivity contribution in [1.29, 1.82) is 0 Å². The van der Waals surface area contributed by atoms with Crippen LogP contribution in [0, 0.1) is 6.92 Å². The highest BCUT2D eigenvalue weighted by Crippen LogP contribution is 2.29. The van der Waals surface area contributed by atoms with Crippen molar-refractivity contribution in [2.24, 2.45) is 0 Å². The van der Waals surface area contributed by atoms with Crippen LogP contribution in [0.15, 0.2) is 28.1 Å². The van der Waals surface area contributed by atoms with E-state index in [2.05, 4.69) is 57.6 Å². The average molecular weight is 355 g/mol. The summed E-state index contributed by atoms with van der Waals surface area (Å²) in [7, 11) is 1.67. The first-order valence-corrected chi connectivity index (χ1v) is 8.20. The fourth-order valence-electron chi connectivity index (χ4n) is 2.09. The van der Waals surface area contributed by atoms with E-state index >= 15 is 0 Å². The van der Waals surface area contributed by atoms with Gasteiger partial charge in [-0.05, 0) is 54.4 Å². The first-order chi connectivity index (χ1) is 9.51. The van der Waals surface area contributed by atoms with Gasteiger partial charge in [-0.1, -0.05) is 6.07 Å². The summed E-state index contributed by atoms with van der Waals surface area (Å²) < 4.78 is 6.23. The number of ether oxygens (including phenoxy) is 1. The fourth-order valence-corrected chi connectivity index (χ4v) is 3.35. The standard InChI is InChI=1S/C15H19BrN2OS/c1-9(12-5-6-15(19-4)13(16)7-12)17-10(2)14-8-20-11(3)18-14/h5-10,17H,1-4H3. The Labute approximate surface area is 132 Å². The Balaban J connectivity index is 2.07. The van der Waals surface area contributed by atoms with Crippen molar-refractivity contribution in [3.63, 3.8) is 0 Å². The Morgan fingerprint density at radius 3 is 2.60 bits per heavy atom. The minimum atomic E-state index is 0.232. The van der Waals surface area contributed by atoms with Crippen LogP contribution in [0.25, 0.3) is 0 Å². The SMILES string of the molecule is COc1ccc(C(C)NC(C)c2csc(C)n2)cc1Br. The summed E-state index contributed by atoms with van der Waals surface area (Å²) in [5, 5.41) is 6.79. The van der Waals surface area contributed by atoms with Crippen LogP contribution in [-0.4, -0.2) is 12.1 Å². The Kier molecular flexibility index (Phi) is 5.18. The molecule has 0 aliphatic rings. The van der Waals surface area contributed by atoms with Crippen LogP contribution in [0.5, 0.6) is 5.75 Å². The molecule has 2 atom stereocenters. The van der Waals surface area contributed by atoms with E-state index in [0.29, 0.717) is 0 Å². The van der Waals surface area contributed by atoms with Gasteiger partial charge in [0.1, 0.15) is 5.75 Å². The molecular formula is C15H19BrN2OS. The number of nitrogens with zero attached hydrogens (tertiary/aromatic N) is 1. The fraction of sp³-hybridized carbons (Fsp3) is 0.400. The number of thiazole rings is 1. The molecule has 3 nitrogen and oxygen atoms in total. The maximum absolute atomic E-state index is 5.26. The molecule has 0 amide bonds. The summed E-state index contributed by atoms with van der Waals surface area (Å²) in [5.41, 5.74) is 2.32. The molecule has 0 aliphatic carbocycles. The predicted molar refractivity (Wildman–Crippen MR) is 87.5 cm³/mol. The maximum atomic E-state index is 5.26. The summed E-state index contributed by atoms with van der Waals surface area (Å²) in [6.07, 6.45) is 0. The first-order valence-electron chi connectivity index (χ1n) is 6.52. The molecule has 0 saturated heterocycles. The quantitative estimate of drug-likeness (QED) is 0.849. The zero-order chi connectivity index (χ0) is 14.7. The van der Waals surface area contributed by atoms with Gasteiger partial charge in [0.05, 0.1) is 22.3 Å². The lowest BCUT2D eigenvalue weighted by atomic mass is 10.1. The highest BCUT2D eigenvalue weighted by Gasteiger charge is 2.14. The smallest absolute Gasteiger partial charge is 0.133 e. The van der Waals surface area contributed by atoms with Crippen molar-refractivity contribution >= 4 is 27.3 Å². The minimum absolute atomic E-state index is 0.232. The van der Waals surface area contributed by atoms with Crippen molar-refractivity contribution in [2.45, 2.75) is 32.9 Å². The number of hydrogen-bond donors (Lipinski definition) is 1. The number of aryl methyl sites for hydroxylation is 1. The second-order valence-electron chi connectivity index (χ2n) is 4.80. The van der Waals surface area contributed by atoms with Gasteiger partial charge in [-0.15, -0.1) is 11.3 Å². The highest BCUT2D eigenvalue weighted by atomic mass is 79.9. The number of benzene rings is 1. The molecule has 108 valence electrons. The molecule has 0 bridgehead atoms. The van der Waals surface area contributed by atoms with Gasteiger partial charge in [-0.25, -0.2) is 4.98 Å². The van der Waals surface area contributed by atoms with Gasteiger partial charge in [0, 0.05) is 17.5 Å². The van der Waals surface area contributed by atoms with Gasteiger partial charge in [0.25, 0.3) is 0 Å². The molecule has 1 heterocycles. The largest absolute Gasteiger partial charge is 0.496 e. The lowest BCUT2D eigenvalue weighted by Crippen LogP contribution is -2.22. The third-order valence-corrected chi connectivity index (χ3v) is 4.67. The lowest BCUT2D eigenvalue weighted by Gasteiger charge is -2.20. The van der Waals surface area contributed by atoms with Gasteiger partial charge in [0.15, 0.2) is 0 Å². The summed E-state index contributed by atoms with van der Waals surface area (Å²) in [5.74, 6) is 0.851.